The van der Waals surface area contributed by atoms with Crippen molar-refractivity contribution in [1.82, 2.24) is 29.9 Å². The summed E-state index contributed by atoms with van der Waals surface area (Å²) in [6, 6.07) is 52.4. The number of fused-ring (bicyclic) bond motifs is 1. The lowest BCUT2D eigenvalue weighted by molar-refractivity contribution is 1.07. The molecule has 8 rings (SSSR count). The van der Waals surface area contributed by atoms with Crippen molar-refractivity contribution >= 4 is 10.9 Å². The molecule has 0 aliphatic rings. The maximum atomic E-state index is 5.04. The molecule has 0 radical (unpaired) electrons. The molecule has 0 saturated heterocycles. The Balaban J connectivity index is 1.27. The summed E-state index contributed by atoms with van der Waals surface area (Å²) < 4.78 is 0. The number of pyridine rings is 1. The molecule has 0 spiro atoms. The fraction of sp³-hybridized carbons (Fsp3) is 0. The van der Waals surface area contributed by atoms with Gasteiger partial charge in [-0.05, 0) is 24.3 Å². The molecule has 0 unspecified atom stereocenters. The number of aromatic nitrogens is 6. The summed E-state index contributed by atoms with van der Waals surface area (Å²) in [4.78, 5) is 29.6. The minimum atomic E-state index is 0.561. The topological polar surface area (TPSA) is 77.3 Å². The van der Waals surface area contributed by atoms with Crippen LogP contribution in [0.5, 0.6) is 0 Å². The fourth-order valence-corrected chi connectivity index (χ4v) is 5.41. The third kappa shape index (κ3) is 5.51. The van der Waals surface area contributed by atoms with Gasteiger partial charge in [-0.15, -0.1) is 0 Å². The van der Waals surface area contributed by atoms with Crippen molar-refractivity contribution in [3.05, 3.63) is 158 Å². The molecule has 6 heteroatoms. The summed E-state index contributed by atoms with van der Waals surface area (Å²) in [6.07, 6.45) is 0. The van der Waals surface area contributed by atoms with Crippen LogP contribution in [0.4, 0.5) is 0 Å². The van der Waals surface area contributed by atoms with E-state index in [0.29, 0.717) is 29.0 Å². The minimum Gasteiger partial charge on any atom is -0.244 e. The summed E-state index contributed by atoms with van der Waals surface area (Å²) in [6.45, 7) is 0. The summed E-state index contributed by atoms with van der Waals surface area (Å²) in [7, 11) is 0. The van der Waals surface area contributed by atoms with Crippen molar-refractivity contribution in [2.75, 3.05) is 0 Å². The Morgan fingerprint density at radius 2 is 0.761 bits per heavy atom. The first-order chi connectivity index (χ1) is 22.8. The van der Waals surface area contributed by atoms with Crippen LogP contribution in [0.25, 0.3) is 79.1 Å². The third-order valence-electron chi connectivity index (χ3n) is 7.74. The van der Waals surface area contributed by atoms with E-state index in [-0.39, 0.29) is 0 Å². The fourth-order valence-electron chi connectivity index (χ4n) is 5.41. The van der Waals surface area contributed by atoms with Crippen molar-refractivity contribution < 1.29 is 0 Å². The van der Waals surface area contributed by atoms with E-state index in [9.17, 15) is 0 Å². The van der Waals surface area contributed by atoms with E-state index in [1.807, 2.05) is 121 Å². The zero-order valence-electron chi connectivity index (χ0n) is 24.7. The van der Waals surface area contributed by atoms with Crippen molar-refractivity contribution in [3.8, 4) is 68.2 Å². The van der Waals surface area contributed by atoms with Crippen molar-refractivity contribution in [1.29, 1.82) is 0 Å². The van der Waals surface area contributed by atoms with Gasteiger partial charge >= 0.3 is 0 Å². The Bertz CT molecular complexity index is 2250. The molecule has 0 atom stereocenters. The van der Waals surface area contributed by atoms with Gasteiger partial charge in [-0.3, -0.25) is 0 Å². The van der Waals surface area contributed by atoms with Crippen LogP contribution in [-0.4, -0.2) is 29.9 Å². The molecule has 0 aliphatic heterocycles. The molecule has 8 aromatic rings. The van der Waals surface area contributed by atoms with Gasteiger partial charge in [0.05, 0.1) is 16.9 Å². The zero-order chi connectivity index (χ0) is 30.7. The van der Waals surface area contributed by atoms with E-state index in [4.69, 9.17) is 29.9 Å². The Kier molecular flexibility index (Phi) is 7.05. The number of hydrogen-bond acceptors (Lipinski definition) is 6. The van der Waals surface area contributed by atoms with Crippen molar-refractivity contribution in [2.24, 2.45) is 0 Å². The van der Waals surface area contributed by atoms with Crippen LogP contribution in [0.2, 0.25) is 0 Å². The summed E-state index contributed by atoms with van der Waals surface area (Å²) in [5, 5.41) is 1.07. The van der Waals surface area contributed by atoms with Gasteiger partial charge in [0.15, 0.2) is 23.3 Å². The molecule has 5 aromatic carbocycles. The molecular formula is C40H26N6. The second-order valence-electron chi connectivity index (χ2n) is 10.8. The van der Waals surface area contributed by atoms with Gasteiger partial charge < -0.3 is 0 Å². The van der Waals surface area contributed by atoms with Gasteiger partial charge in [-0.25, -0.2) is 29.9 Å². The molecule has 6 nitrogen and oxygen atoms in total. The average Bonchev–Trinajstić information content (AvgIpc) is 3.15. The van der Waals surface area contributed by atoms with Crippen LogP contribution < -0.4 is 0 Å². The van der Waals surface area contributed by atoms with Crippen molar-refractivity contribution in [2.45, 2.75) is 0 Å². The first kappa shape index (κ1) is 27.2. The van der Waals surface area contributed by atoms with Gasteiger partial charge in [0.2, 0.25) is 0 Å². The monoisotopic (exact) mass is 590 g/mol. The van der Waals surface area contributed by atoms with Gasteiger partial charge in [-0.2, -0.15) is 0 Å². The lowest BCUT2D eigenvalue weighted by atomic mass is 10.0. The Hall–Kier alpha value is -6.40. The molecule has 0 N–H and O–H groups in total. The molecule has 0 aliphatic carbocycles. The van der Waals surface area contributed by atoms with Crippen LogP contribution in [0, 0.1) is 0 Å². The average molecular weight is 591 g/mol. The quantitative estimate of drug-likeness (QED) is 0.192. The minimum absolute atomic E-state index is 0.561. The number of hydrogen-bond donors (Lipinski definition) is 0. The summed E-state index contributed by atoms with van der Waals surface area (Å²) in [5.41, 5.74) is 7.84. The van der Waals surface area contributed by atoms with Crippen LogP contribution in [0.1, 0.15) is 0 Å². The lowest BCUT2D eigenvalue weighted by Crippen LogP contribution is -2.00. The smallest absolute Gasteiger partial charge is 0.179 e. The van der Waals surface area contributed by atoms with Gasteiger partial charge in [0, 0.05) is 33.2 Å². The summed E-state index contributed by atoms with van der Waals surface area (Å²) >= 11 is 0. The molecular weight excluding hydrogens is 564 g/mol. The first-order valence-corrected chi connectivity index (χ1v) is 15.1. The molecule has 0 bridgehead atoms. The molecule has 3 heterocycles. The highest BCUT2D eigenvalue weighted by atomic mass is 15.0. The molecule has 3 aromatic heterocycles. The van der Waals surface area contributed by atoms with E-state index in [1.54, 1.807) is 0 Å². The molecule has 46 heavy (non-hydrogen) atoms. The maximum Gasteiger partial charge on any atom is 0.179 e. The van der Waals surface area contributed by atoms with Crippen LogP contribution in [0.15, 0.2) is 158 Å². The molecule has 0 fully saturated rings. The highest BCUT2D eigenvalue weighted by Crippen LogP contribution is 2.31. The number of nitrogens with zero attached hydrogens (tertiary/aromatic N) is 6. The van der Waals surface area contributed by atoms with E-state index in [2.05, 4.69) is 36.4 Å². The highest BCUT2D eigenvalue weighted by Gasteiger charge is 2.15. The Morgan fingerprint density at radius 1 is 0.261 bits per heavy atom. The summed E-state index contributed by atoms with van der Waals surface area (Å²) in [5.74, 6) is 2.38. The Labute approximate surface area is 266 Å². The zero-order valence-corrected chi connectivity index (χ0v) is 24.7. The van der Waals surface area contributed by atoms with E-state index in [1.165, 1.54) is 0 Å². The largest absolute Gasteiger partial charge is 0.244 e. The highest BCUT2D eigenvalue weighted by molar-refractivity contribution is 5.81. The lowest BCUT2D eigenvalue weighted by Gasteiger charge is -2.11. The van der Waals surface area contributed by atoms with Gasteiger partial charge in [0.25, 0.3) is 0 Å². The maximum absolute atomic E-state index is 5.04. The van der Waals surface area contributed by atoms with Crippen LogP contribution >= 0.6 is 0 Å². The number of para-hydroxylation sites is 1. The predicted octanol–water partition coefficient (Wildman–Crippen LogP) is 9.21. The normalized spacial score (nSPS) is 11.0. The molecule has 0 amide bonds. The van der Waals surface area contributed by atoms with E-state index < -0.39 is 0 Å². The van der Waals surface area contributed by atoms with Crippen LogP contribution in [0.3, 0.4) is 0 Å². The number of benzene rings is 5. The first-order valence-electron chi connectivity index (χ1n) is 15.1. The van der Waals surface area contributed by atoms with E-state index >= 15 is 0 Å². The third-order valence-corrected chi connectivity index (χ3v) is 7.74. The van der Waals surface area contributed by atoms with Gasteiger partial charge in [0.1, 0.15) is 5.69 Å². The predicted molar refractivity (Wildman–Crippen MR) is 183 cm³/mol. The van der Waals surface area contributed by atoms with Crippen LogP contribution in [-0.2, 0) is 0 Å². The Morgan fingerprint density at radius 3 is 1.41 bits per heavy atom. The van der Waals surface area contributed by atoms with Crippen molar-refractivity contribution in [3.63, 3.8) is 0 Å². The standard InChI is InChI=1S/C40H26N6/c1-4-13-27(14-5-1)35-26-36(43-40(42-35)34-24-23-28-15-10-11-22-33(28)41-34)31-20-12-21-32(25-31)39-45-37(29-16-6-2-7-17-29)44-38(46-39)30-18-8-3-9-19-30/h1-26H. The number of rotatable bonds is 6. The molecule has 216 valence electrons. The second-order valence-corrected chi connectivity index (χ2v) is 10.8. The van der Waals surface area contributed by atoms with E-state index in [0.717, 1.165) is 50.1 Å². The second kappa shape index (κ2) is 11.9. The molecule has 0 saturated carbocycles. The van der Waals surface area contributed by atoms with Gasteiger partial charge in [-0.1, -0.05) is 133 Å². The SMILES string of the molecule is c1ccc(-c2cc(-c3cccc(-c4nc(-c5ccccc5)nc(-c5ccccc5)n4)c3)nc(-c3ccc4ccccc4n3)n2)cc1.